The molecule has 0 radical (unpaired) electrons. The van der Waals surface area contributed by atoms with Crippen LogP contribution in [0.15, 0.2) is 12.1 Å². The Morgan fingerprint density at radius 1 is 1.28 bits per heavy atom. The van der Waals surface area contributed by atoms with Crippen LogP contribution in [0.3, 0.4) is 0 Å². The molecule has 0 bridgehead atoms. The molecular weight excluding hydrogens is 327 g/mol. The summed E-state index contributed by atoms with van der Waals surface area (Å²) in [7, 11) is 2.00. The summed E-state index contributed by atoms with van der Waals surface area (Å²) < 4.78 is 15.9. The van der Waals surface area contributed by atoms with E-state index in [9.17, 15) is 19.1 Å². The number of aliphatic carboxylic acids is 1. The molecule has 0 saturated carbocycles. The molecule has 1 aliphatic heterocycles. The fraction of sp³-hybridized carbons (Fsp3) is 0.444. The van der Waals surface area contributed by atoms with Crippen molar-refractivity contribution in [3.63, 3.8) is 0 Å². The van der Waals surface area contributed by atoms with E-state index in [2.05, 4.69) is 4.90 Å². The smallest absolute Gasteiger partial charge is 0.307 e. The van der Waals surface area contributed by atoms with E-state index >= 15 is 0 Å². The summed E-state index contributed by atoms with van der Waals surface area (Å²) in [5, 5.41) is 18.8. The molecule has 1 aromatic carbocycles. The molecule has 0 spiro atoms. The number of hydrogen-bond donors (Lipinski definition) is 2. The Labute approximate surface area is 144 Å². The molecule has 1 fully saturated rings. The monoisotopic (exact) mass is 348 g/mol. The SMILES string of the molecule is Cc1c(CC(=O)O)c2c(F)c(O)ccc2n1C(=O)C1CCN(C)CC1. The van der Waals surface area contributed by atoms with Gasteiger partial charge >= 0.3 is 5.97 Å². The Hall–Kier alpha value is -2.41. The van der Waals surface area contributed by atoms with Crippen molar-refractivity contribution in [1.29, 1.82) is 0 Å². The third kappa shape index (κ3) is 3.00. The second-order valence-corrected chi connectivity index (χ2v) is 6.68. The van der Waals surface area contributed by atoms with Crippen molar-refractivity contribution in [2.45, 2.75) is 26.2 Å². The van der Waals surface area contributed by atoms with E-state index in [1.165, 1.54) is 16.7 Å². The first-order valence-corrected chi connectivity index (χ1v) is 8.27. The van der Waals surface area contributed by atoms with Gasteiger partial charge in [0, 0.05) is 17.0 Å². The predicted molar refractivity (Wildman–Crippen MR) is 90.5 cm³/mol. The number of aromatic nitrogens is 1. The number of fused-ring (bicyclic) bond motifs is 1. The number of halogens is 1. The van der Waals surface area contributed by atoms with Crippen molar-refractivity contribution in [2.75, 3.05) is 20.1 Å². The van der Waals surface area contributed by atoms with Gasteiger partial charge in [0.25, 0.3) is 0 Å². The Kier molecular flexibility index (Phi) is 4.51. The van der Waals surface area contributed by atoms with Crippen molar-refractivity contribution >= 4 is 22.8 Å². The number of phenols is 1. The van der Waals surface area contributed by atoms with Crippen molar-refractivity contribution in [3.8, 4) is 5.75 Å². The van der Waals surface area contributed by atoms with Crippen LogP contribution in [0.25, 0.3) is 10.9 Å². The number of aromatic hydroxyl groups is 1. The third-order valence-corrected chi connectivity index (χ3v) is 5.03. The predicted octanol–water partition coefficient (Wildman–Crippen LogP) is 2.40. The molecule has 0 amide bonds. The van der Waals surface area contributed by atoms with Crippen LogP contribution in [0.2, 0.25) is 0 Å². The van der Waals surface area contributed by atoms with E-state index in [0.29, 0.717) is 24.1 Å². The Balaban J connectivity index is 2.15. The van der Waals surface area contributed by atoms with Gasteiger partial charge in [0.15, 0.2) is 11.6 Å². The molecule has 2 aromatic rings. The lowest BCUT2D eigenvalue weighted by molar-refractivity contribution is -0.136. The summed E-state index contributed by atoms with van der Waals surface area (Å²) in [5.41, 5.74) is 0.969. The highest BCUT2D eigenvalue weighted by Gasteiger charge is 2.29. The van der Waals surface area contributed by atoms with Crippen LogP contribution >= 0.6 is 0 Å². The fourth-order valence-corrected chi connectivity index (χ4v) is 3.61. The van der Waals surface area contributed by atoms with Gasteiger partial charge in [-0.05, 0) is 57.6 Å². The number of carbonyl (C=O) groups excluding carboxylic acids is 1. The van der Waals surface area contributed by atoms with Crippen LogP contribution in [-0.2, 0) is 11.2 Å². The number of nitrogens with zero attached hydrogens (tertiary/aromatic N) is 2. The summed E-state index contributed by atoms with van der Waals surface area (Å²) in [6, 6.07) is 2.67. The van der Waals surface area contributed by atoms with E-state index < -0.39 is 24.0 Å². The van der Waals surface area contributed by atoms with Crippen LogP contribution in [0.1, 0.15) is 28.9 Å². The summed E-state index contributed by atoms with van der Waals surface area (Å²) >= 11 is 0. The van der Waals surface area contributed by atoms with Gasteiger partial charge in [-0.1, -0.05) is 0 Å². The molecule has 134 valence electrons. The molecule has 2 heterocycles. The lowest BCUT2D eigenvalue weighted by Crippen LogP contribution is -2.35. The van der Waals surface area contributed by atoms with E-state index in [1.54, 1.807) is 6.92 Å². The highest BCUT2D eigenvalue weighted by Crippen LogP contribution is 2.34. The largest absolute Gasteiger partial charge is 0.505 e. The molecule has 1 aromatic heterocycles. The standard InChI is InChI=1S/C18H21FN2O4/c1-10-12(9-15(23)24)16-13(3-4-14(22)17(16)19)21(10)18(25)11-5-7-20(2)8-6-11/h3-4,11,22H,5-9H2,1-2H3,(H,23,24). The van der Waals surface area contributed by atoms with Gasteiger partial charge in [0.2, 0.25) is 5.91 Å². The minimum atomic E-state index is -1.11. The third-order valence-electron chi connectivity index (χ3n) is 5.03. The first-order chi connectivity index (χ1) is 11.8. The zero-order valence-corrected chi connectivity index (χ0v) is 14.3. The molecule has 0 atom stereocenters. The maximum atomic E-state index is 14.5. The molecule has 3 rings (SSSR count). The van der Waals surface area contributed by atoms with Crippen LogP contribution in [0.4, 0.5) is 4.39 Å². The number of carboxylic acid groups (broad SMARTS) is 1. The van der Waals surface area contributed by atoms with Crippen LogP contribution in [-0.4, -0.2) is 51.7 Å². The highest BCUT2D eigenvalue weighted by atomic mass is 19.1. The molecule has 6 nitrogen and oxygen atoms in total. The average Bonchev–Trinajstić information content (AvgIpc) is 2.83. The number of piperidine rings is 1. The summed E-state index contributed by atoms with van der Waals surface area (Å²) in [4.78, 5) is 26.4. The Morgan fingerprint density at radius 3 is 2.52 bits per heavy atom. The topological polar surface area (TPSA) is 82.8 Å². The molecule has 1 aliphatic rings. The van der Waals surface area contributed by atoms with Crippen molar-refractivity contribution in [3.05, 3.63) is 29.2 Å². The number of benzene rings is 1. The zero-order chi connectivity index (χ0) is 18.3. The van der Waals surface area contributed by atoms with Crippen LogP contribution < -0.4 is 0 Å². The second kappa shape index (κ2) is 6.48. The number of hydrogen-bond acceptors (Lipinski definition) is 4. The average molecular weight is 348 g/mol. The van der Waals surface area contributed by atoms with Crippen molar-refractivity contribution in [2.24, 2.45) is 5.92 Å². The van der Waals surface area contributed by atoms with Gasteiger partial charge in [-0.15, -0.1) is 0 Å². The highest BCUT2D eigenvalue weighted by molar-refractivity contribution is 5.99. The van der Waals surface area contributed by atoms with Crippen molar-refractivity contribution < 1.29 is 24.2 Å². The van der Waals surface area contributed by atoms with Gasteiger partial charge in [0.05, 0.1) is 11.9 Å². The fourth-order valence-electron chi connectivity index (χ4n) is 3.61. The van der Waals surface area contributed by atoms with Gasteiger partial charge in [-0.2, -0.15) is 0 Å². The minimum Gasteiger partial charge on any atom is -0.505 e. The maximum Gasteiger partial charge on any atom is 0.307 e. The summed E-state index contributed by atoms with van der Waals surface area (Å²) in [6.07, 6.45) is 1.02. The Morgan fingerprint density at radius 2 is 1.92 bits per heavy atom. The second-order valence-electron chi connectivity index (χ2n) is 6.68. The van der Waals surface area contributed by atoms with E-state index in [4.69, 9.17) is 5.11 Å². The lowest BCUT2D eigenvalue weighted by atomic mass is 9.96. The van der Waals surface area contributed by atoms with Crippen molar-refractivity contribution in [1.82, 2.24) is 9.47 Å². The minimum absolute atomic E-state index is 0.0150. The molecule has 0 aliphatic carbocycles. The van der Waals surface area contributed by atoms with E-state index in [-0.39, 0.29) is 22.8 Å². The molecule has 0 unspecified atom stereocenters. The van der Waals surface area contributed by atoms with E-state index in [1.807, 2.05) is 7.05 Å². The first kappa shape index (κ1) is 17.4. The Bertz CT molecular complexity index is 851. The molecule has 2 N–H and O–H groups in total. The number of rotatable bonds is 3. The van der Waals surface area contributed by atoms with Crippen LogP contribution in [0, 0.1) is 18.7 Å². The van der Waals surface area contributed by atoms with Gasteiger partial charge in [0.1, 0.15) is 0 Å². The van der Waals surface area contributed by atoms with Crippen LogP contribution in [0.5, 0.6) is 5.75 Å². The number of carboxylic acids is 1. The zero-order valence-electron chi connectivity index (χ0n) is 14.3. The van der Waals surface area contributed by atoms with E-state index in [0.717, 1.165) is 13.1 Å². The first-order valence-electron chi connectivity index (χ1n) is 8.27. The maximum absolute atomic E-state index is 14.5. The quantitative estimate of drug-likeness (QED) is 0.890. The lowest BCUT2D eigenvalue weighted by Gasteiger charge is -2.28. The number of phenolic OH excluding ortho intramolecular Hbond substituents is 1. The summed E-state index contributed by atoms with van der Waals surface area (Å²) in [5.74, 6) is -2.87. The molecule has 1 saturated heterocycles. The van der Waals surface area contributed by atoms with Gasteiger partial charge in [-0.3, -0.25) is 14.2 Å². The normalized spacial score (nSPS) is 16.4. The summed E-state index contributed by atoms with van der Waals surface area (Å²) in [6.45, 7) is 3.25. The molecule has 7 heteroatoms. The van der Waals surface area contributed by atoms with Gasteiger partial charge in [-0.25, -0.2) is 4.39 Å². The molecular formula is C18H21FN2O4. The van der Waals surface area contributed by atoms with Gasteiger partial charge < -0.3 is 15.1 Å². The number of likely N-dealkylation sites (tertiary alicyclic amines) is 1. The molecule has 25 heavy (non-hydrogen) atoms. The number of carbonyl (C=O) groups is 2.